The maximum Gasteiger partial charge on any atom is 1.00 e. The minimum atomic E-state index is -4.64. The average molecular weight is 250 g/mol. The molecule has 0 atom stereocenters. The van der Waals surface area contributed by atoms with E-state index in [9.17, 15) is 0 Å². The van der Waals surface area contributed by atoms with E-state index in [1.54, 1.807) is 0 Å². The smallest absolute Gasteiger partial charge is 1.00 e. The molecule has 0 fully saturated rings. The van der Waals surface area contributed by atoms with Gasteiger partial charge in [0.2, 0.25) is 0 Å². The van der Waals surface area contributed by atoms with Crippen LogP contribution in [-0.2, 0) is 9.13 Å². The molecule has 12 heteroatoms. The van der Waals surface area contributed by atoms with Crippen LogP contribution in [0.4, 0.5) is 0 Å². The summed E-state index contributed by atoms with van der Waals surface area (Å²) in [5.41, 5.74) is 0. The first-order chi connectivity index (χ1) is 4.00. The third kappa shape index (κ3) is 442. The molecule has 0 spiro atoms. The molecule has 8 nitrogen and oxygen atoms in total. The van der Waals surface area contributed by atoms with Crippen LogP contribution in [-0.4, -0.2) is 46.7 Å². The molecule has 0 aliphatic rings. The predicted octanol–water partition coefficient (Wildman–Crippen LogP) is -5.92. The fraction of sp³-hybridized carbons (Fsp3) is 0. The molecule has 6 N–H and O–H groups in total. The molecule has 0 unspecified atom stereocenters. The first-order valence-electron chi connectivity index (χ1n) is 1.57. The van der Waals surface area contributed by atoms with E-state index in [-0.39, 0.29) is 48.3 Å². The number of phosphoric acid groups is 2. The van der Waals surface area contributed by atoms with E-state index in [4.69, 9.17) is 38.5 Å². The monoisotopic (exact) mass is 250 g/mol. The quantitative estimate of drug-likeness (QED) is 0.183. The van der Waals surface area contributed by atoms with Gasteiger partial charge in [0.15, 0.2) is 17.4 Å². The Morgan fingerprint density at radius 2 is 0.750 bits per heavy atom. The summed E-state index contributed by atoms with van der Waals surface area (Å²) in [6.45, 7) is 0. The van der Waals surface area contributed by atoms with Crippen LogP contribution in [0.15, 0.2) is 0 Å². The Labute approximate surface area is 102 Å². The molecule has 72 valence electrons. The van der Waals surface area contributed by atoms with Crippen molar-refractivity contribution in [3.8, 4) is 0 Å². The van der Waals surface area contributed by atoms with E-state index < -0.39 is 15.6 Å². The standard InChI is InChI=1S/Al.Na.2H3O4P.4H/c;;2*1-5(2,3)4;;;;/h;;2*(H3,1,2,3,4);;;;/q;+1;;;;;;-1. The molecule has 0 aromatic heterocycles. The van der Waals surface area contributed by atoms with E-state index in [1.165, 1.54) is 0 Å². The van der Waals surface area contributed by atoms with Crippen LogP contribution in [0.3, 0.4) is 0 Å². The molecule has 0 aromatic carbocycles. The van der Waals surface area contributed by atoms with Gasteiger partial charge in [-0.15, -0.1) is 0 Å². The molecular formula is H10AlNaO8P2. The van der Waals surface area contributed by atoms with Crippen molar-refractivity contribution >= 4 is 33.0 Å². The van der Waals surface area contributed by atoms with Gasteiger partial charge in [-0.1, -0.05) is 0 Å². The molecule has 0 amide bonds. The zero-order chi connectivity index (χ0) is 9.00. The van der Waals surface area contributed by atoms with Crippen molar-refractivity contribution in [3.05, 3.63) is 0 Å². The minimum absolute atomic E-state index is 0. The summed E-state index contributed by atoms with van der Waals surface area (Å²) >= 11 is 0. The zero-order valence-electron chi connectivity index (χ0n) is 6.39. The Hall–Kier alpha value is 1.75. The maximum absolute atomic E-state index is 8.88. The van der Waals surface area contributed by atoms with Gasteiger partial charge >= 0.3 is 45.2 Å². The van der Waals surface area contributed by atoms with Gasteiger partial charge in [-0.3, -0.25) is 0 Å². The predicted molar refractivity (Wildman–Crippen MR) is 39.6 cm³/mol. The molecular weight excluding hydrogens is 240 g/mol. The van der Waals surface area contributed by atoms with Crippen LogP contribution in [0.5, 0.6) is 0 Å². The fourth-order valence-electron chi connectivity index (χ4n) is 0. The summed E-state index contributed by atoms with van der Waals surface area (Å²) in [7, 11) is -9.28. The molecule has 0 heterocycles. The fourth-order valence-corrected chi connectivity index (χ4v) is 0. The van der Waals surface area contributed by atoms with Crippen molar-refractivity contribution in [2.45, 2.75) is 0 Å². The molecule has 0 aliphatic heterocycles. The van der Waals surface area contributed by atoms with Crippen LogP contribution in [0.25, 0.3) is 0 Å². The third-order valence-electron chi connectivity index (χ3n) is 0. The van der Waals surface area contributed by atoms with E-state index in [1.807, 2.05) is 0 Å². The van der Waals surface area contributed by atoms with Gasteiger partial charge < -0.3 is 30.8 Å². The van der Waals surface area contributed by atoms with Gasteiger partial charge in [-0.25, -0.2) is 9.13 Å². The largest absolute Gasteiger partial charge is 1.00 e. The van der Waals surface area contributed by atoms with Crippen LogP contribution in [0.2, 0.25) is 0 Å². The van der Waals surface area contributed by atoms with Gasteiger partial charge in [-0.05, 0) is 0 Å². The van der Waals surface area contributed by atoms with Crippen molar-refractivity contribution in [1.82, 2.24) is 0 Å². The van der Waals surface area contributed by atoms with Crippen LogP contribution >= 0.6 is 15.6 Å². The topological polar surface area (TPSA) is 156 Å². The summed E-state index contributed by atoms with van der Waals surface area (Å²) < 4.78 is 17.8. The zero-order valence-corrected chi connectivity index (χ0v) is 9.18. The van der Waals surface area contributed by atoms with Gasteiger partial charge in [0.1, 0.15) is 0 Å². The Morgan fingerprint density at radius 1 is 0.750 bits per heavy atom. The second-order valence-corrected chi connectivity index (χ2v) is 3.08. The Kier molecular flexibility index (Phi) is 18.2. The summed E-state index contributed by atoms with van der Waals surface area (Å²) in [4.78, 5) is 43.1. The summed E-state index contributed by atoms with van der Waals surface area (Å²) in [6.07, 6.45) is 0. The van der Waals surface area contributed by atoms with Gasteiger partial charge in [0.05, 0.1) is 0 Å². The van der Waals surface area contributed by atoms with Crippen LogP contribution in [0, 0.1) is 0 Å². The van der Waals surface area contributed by atoms with Crippen molar-refractivity contribution in [3.63, 3.8) is 0 Å². The molecule has 0 aliphatic carbocycles. The van der Waals surface area contributed by atoms with Gasteiger partial charge in [-0.2, -0.15) is 0 Å². The Morgan fingerprint density at radius 3 is 0.750 bits per heavy atom. The Bertz CT molecular complexity index is 134. The number of rotatable bonds is 0. The number of hydrogen-bond donors (Lipinski definition) is 6. The van der Waals surface area contributed by atoms with Crippen LogP contribution in [0.1, 0.15) is 1.43 Å². The maximum atomic E-state index is 8.88. The van der Waals surface area contributed by atoms with Gasteiger partial charge in [0, 0.05) is 0 Å². The summed E-state index contributed by atoms with van der Waals surface area (Å²) in [5, 5.41) is 0. The van der Waals surface area contributed by atoms with Crippen molar-refractivity contribution < 1.29 is 69.5 Å². The first-order valence-corrected chi connectivity index (χ1v) is 4.70. The van der Waals surface area contributed by atoms with E-state index in [0.29, 0.717) is 0 Å². The second-order valence-electron chi connectivity index (χ2n) is 1.03. The van der Waals surface area contributed by atoms with E-state index in [2.05, 4.69) is 0 Å². The molecule has 0 bridgehead atoms. The van der Waals surface area contributed by atoms with E-state index >= 15 is 0 Å². The Balaban J connectivity index is -0.0000000267. The second kappa shape index (κ2) is 9.31. The molecule has 12 heavy (non-hydrogen) atoms. The van der Waals surface area contributed by atoms with Gasteiger partial charge in [0.25, 0.3) is 0 Å². The molecule has 0 saturated heterocycles. The summed E-state index contributed by atoms with van der Waals surface area (Å²) in [5.74, 6) is 0. The van der Waals surface area contributed by atoms with E-state index in [0.717, 1.165) is 0 Å². The van der Waals surface area contributed by atoms with Crippen LogP contribution < -0.4 is 29.6 Å². The first kappa shape index (κ1) is 23.5. The average Bonchev–Trinajstić information content (AvgIpc) is 1.12. The molecule has 0 radical (unpaired) electrons. The number of hydrogen-bond acceptors (Lipinski definition) is 2. The normalized spacial score (nSPS) is 9.83. The molecule has 0 rings (SSSR count). The molecule has 0 aromatic rings. The molecule has 0 saturated carbocycles. The minimum Gasteiger partial charge on any atom is -1.00 e. The SMILES string of the molecule is O=P(O)(O)O.O=P(O)(O)O.[AlH3].[H-].[Na+]. The van der Waals surface area contributed by atoms with Crippen molar-refractivity contribution in [1.29, 1.82) is 0 Å². The summed E-state index contributed by atoms with van der Waals surface area (Å²) in [6, 6.07) is 0. The third-order valence-corrected chi connectivity index (χ3v) is 0. The van der Waals surface area contributed by atoms with Crippen molar-refractivity contribution in [2.24, 2.45) is 0 Å². The van der Waals surface area contributed by atoms with Crippen molar-refractivity contribution in [2.75, 3.05) is 0 Å².